The van der Waals surface area contributed by atoms with Crippen molar-refractivity contribution in [1.82, 2.24) is 0 Å². The third-order valence-corrected chi connectivity index (χ3v) is 2.41. The van der Waals surface area contributed by atoms with Gasteiger partial charge in [-0.2, -0.15) is 0 Å². The second-order valence-corrected chi connectivity index (χ2v) is 3.75. The fourth-order valence-electron chi connectivity index (χ4n) is 1.35. The summed E-state index contributed by atoms with van der Waals surface area (Å²) in [5, 5.41) is 27.3. The minimum atomic E-state index is -0.670. The summed E-state index contributed by atoms with van der Waals surface area (Å²) in [6.45, 7) is 1.96. The Morgan fingerprint density at radius 2 is 1.81 bits per heavy atom. The Bertz CT molecular complexity index is 296. The highest BCUT2D eigenvalue weighted by atomic mass is 16.5. The van der Waals surface area contributed by atoms with E-state index < -0.39 is 6.10 Å². The Balaban J connectivity index is 2.63. The van der Waals surface area contributed by atoms with Gasteiger partial charge in [0, 0.05) is 12.5 Å². The van der Waals surface area contributed by atoms with E-state index in [1.165, 1.54) is 0 Å². The summed E-state index contributed by atoms with van der Waals surface area (Å²) in [5.74, 6) is 0.464. The lowest BCUT2D eigenvalue weighted by molar-refractivity contribution is 0.0770. The molecule has 2 atom stereocenters. The Kier molecular flexibility index (Phi) is 5.25. The van der Waals surface area contributed by atoms with Crippen molar-refractivity contribution in [2.45, 2.75) is 13.0 Å². The zero-order valence-corrected chi connectivity index (χ0v) is 9.34. The number of aliphatic hydroxyl groups is 3. The summed E-state index contributed by atoms with van der Waals surface area (Å²) in [7, 11) is 0. The molecule has 0 aromatic heterocycles. The molecule has 0 radical (unpaired) electrons. The van der Waals surface area contributed by atoms with Crippen molar-refractivity contribution in [3.63, 3.8) is 0 Å². The largest absolute Gasteiger partial charge is 0.491 e. The summed E-state index contributed by atoms with van der Waals surface area (Å²) in [6.07, 6.45) is -0.670. The molecule has 4 heteroatoms. The second kappa shape index (κ2) is 6.48. The van der Waals surface area contributed by atoms with Gasteiger partial charge in [-0.25, -0.2) is 0 Å². The van der Waals surface area contributed by atoms with Gasteiger partial charge < -0.3 is 20.1 Å². The molecule has 3 N–H and O–H groups in total. The summed E-state index contributed by atoms with van der Waals surface area (Å²) in [6, 6.07) is 6.98. The molecule has 0 saturated heterocycles. The standard InChI is InChI=1S/C12H18O4/c1-9(8-14)12(15)10-2-4-11(5-3-10)16-7-6-13/h2-5,9,12-15H,6-8H2,1H3. The van der Waals surface area contributed by atoms with E-state index in [4.69, 9.17) is 14.9 Å². The molecule has 4 nitrogen and oxygen atoms in total. The lowest BCUT2D eigenvalue weighted by atomic mass is 9.98. The van der Waals surface area contributed by atoms with Crippen molar-refractivity contribution in [3.8, 4) is 5.75 Å². The molecule has 1 rings (SSSR count). The lowest BCUT2D eigenvalue weighted by Gasteiger charge is -2.17. The highest BCUT2D eigenvalue weighted by Crippen LogP contribution is 2.23. The van der Waals surface area contributed by atoms with Crippen LogP contribution in [0, 0.1) is 5.92 Å². The van der Waals surface area contributed by atoms with Gasteiger partial charge in [0.2, 0.25) is 0 Å². The first-order chi connectivity index (χ1) is 7.69. The van der Waals surface area contributed by atoms with Crippen molar-refractivity contribution in [3.05, 3.63) is 29.8 Å². The number of rotatable bonds is 6. The molecule has 0 bridgehead atoms. The van der Waals surface area contributed by atoms with E-state index in [2.05, 4.69) is 0 Å². The van der Waals surface area contributed by atoms with Crippen molar-refractivity contribution in [1.29, 1.82) is 0 Å². The van der Waals surface area contributed by atoms with Crippen LogP contribution in [0.3, 0.4) is 0 Å². The van der Waals surface area contributed by atoms with Crippen LogP contribution in [-0.2, 0) is 0 Å². The first-order valence-corrected chi connectivity index (χ1v) is 5.31. The lowest BCUT2D eigenvalue weighted by Crippen LogP contribution is -2.12. The van der Waals surface area contributed by atoms with E-state index in [0.29, 0.717) is 5.75 Å². The second-order valence-electron chi connectivity index (χ2n) is 3.75. The quantitative estimate of drug-likeness (QED) is 0.668. The predicted molar refractivity (Wildman–Crippen MR) is 60.2 cm³/mol. The van der Waals surface area contributed by atoms with Crippen LogP contribution in [0.15, 0.2) is 24.3 Å². The first kappa shape index (κ1) is 13.0. The molecular formula is C12H18O4. The SMILES string of the molecule is CC(CO)C(O)c1ccc(OCCO)cc1. The Morgan fingerprint density at radius 3 is 2.31 bits per heavy atom. The Labute approximate surface area is 95.1 Å². The normalized spacial score (nSPS) is 14.5. The van der Waals surface area contributed by atoms with Gasteiger partial charge in [0.15, 0.2) is 0 Å². The minimum Gasteiger partial charge on any atom is -0.491 e. The van der Waals surface area contributed by atoms with E-state index in [9.17, 15) is 5.11 Å². The first-order valence-electron chi connectivity index (χ1n) is 5.31. The van der Waals surface area contributed by atoms with Gasteiger partial charge in [-0.1, -0.05) is 19.1 Å². The molecule has 0 aliphatic carbocycles. The maximum atomic E-state index is 9.82. The van der Waals surface area contributed by atoms with Crippen LogP contribution in [0.5, 0.6) is 5.75 Å². The third-order valence-electron chi connectivity index (χ3n) is 2.41. The fourth-order valence-corrected chi connectivity index (χ4v) is 1.35. The molecule has 0 amide bonds. The average molecular weight is 226 g/mol. The highest BCUT2D eigenvalue weighted by Gasteiger charge is 2.15. The third kappa shape index (κ3) is 3.48. The van der Waals surface area contributed by atoms with Crippen molar-refractivity contribution in [2.75, 3.05) is 19.8 Å². The summed E-state index contributed by atoms with van der Waals surface area (Å²) >= 11 is 0. The minimum absolute atomic E-state index is 0.0219. The molecule has 2 unspecified atom stereocenters. The number of benzene rings is 1. The topological polar surface area (TPSA) is 69.9 Å². The molecule has 0 spiro atoms. The van der Waals surface area contributed by atoms with Gasteiger partial charge in [-0.3, -0.25) is 0 Å². The number of hydrogen-bond donors (Lipinski definition) is 3. The molecule has 0 saturated carbocycles. The molecule has 90 valence electrons. The fraction of sp³-hybridized carbons (Fsp3) is 0.500. The summed E-state index contributed by atoms with van der Waals surface area (Å²) in [5.41, 5.74) is 0.748. The molecule has 0 fully saturated rings. The van der Waals surface area contributed by atoms with Crippen LogP contribution in [0.2, 0.25) is 0 Å². The van der Waals surface area contributed by atoms with Gasteiger partial charge in [0.1, 0.15) is 12.4 Å². The number of ether oxygens (including phenoxy) is 1. The van der Waals surface area contributed by atoms with Crippen molar-refractivity contribution in [2.24, 2.45) is 5.92 Å². The van der Waals surface area contributed by atoms with Crippen LogP contribution in [0.1, 0.15) is 18.6 Å². The summed E-state index contributed by atoms with van der Waals surface area (Å²) < 4.78 is 5.20. The molecular weight excluding hydrogens is 208 g/mol. The van der Waals surface area contributed by atoms with E-state index >= 15 is 0 Å². The van der Waals surface area contributed by atoms with Gasteiger partial charge >= 0.3 is 0 Å². The molecule has 16 heavy (non-hydrogen) atoms. The van der Waals surface area contributed by atoms with Gasteiger partial charge in [0.05, 0.1) is 12.7 Å². The zero-order valence-electron chi connectivity index (χ0n) is 9.34. The van der Waals surface area contributed by atoms with Crippen LogP contribution >= 0.6 is 0 Å². The highest BCUT2D eigenvalue weighted by molar-refractivity contribution is 5.28. The Hall–Kier alpha value is -1.10. The predicted octanol–water partition coefficient (Wildman–Crippen LogP) is 0.720. The maximum absolute atomic E-state index is 9.82. The molecule has 0 aliphatic rings. The van der Waals surface area contributed by atoms with Crippen LogP contribution < -0.4 is 4.74 Å². The van der Waals surface area contributed by atoms with E-state index in [-0.39, 0.29) is 25.7 Å². The molecule has 1 aromatic rings. The molecule has 1 aromatic carbocycles. The average Bonchev–Trinajstić information content (AvgIpc) is 2.35. The number of aliphatic hydroxyl groups excluding tert-OH is 3. The zero-order chi connectivity index (χ0) is 12.0. The van der Waals surface area contributed by atoms with E-state index in [0.717, 1.165) is 5.56 Å². The van der Waals surface area contributed by atoms with Crippen LogP contribution in [0.25, 0.3) is 0 Å². The molecule has 0 heterocycles. The van der Waals surface area contributed by atoms with Crippen molar-refractivity contribution >= 4 is 0 Å². The number of hydrogen-bond acceptors (Lipinski definition) is 4. The van der Waals surface area contributed by atoms with Gasteiger partial charge in [0.25, 0.3) is 0 Å². The monoisotopic (exact) mass is 226 g/mol. The van der Waals surface area contributed by atoms with Crippen LogP contribution in [0.4, 0.5) is 0 Å². The van der Waals surface area contributed by atoms with E-state index in [1.54, 1.807) is 31.2 Å². The molecule has 0 aliphatic heterocycles. The summed E-state index contributed by atoms with van der Waals surface area (Å²) in [4.78, 5) is 0. The van der Waals surface area contributed by atoms with Gasteiger partial charge in [-0.05, 0) is 17.7 Å². The van der Waals surface area contributed by atoms with Crippen molar-refractivity contribution < 1.29 is 20.1 Å². The smallest absolute Gasteiger partial charge is 0.119 e. The van der Waals surface area contributed by atoms with Crippen LogP contribution in [-0.4, -0.2) is 35.1 Å². The Morgan fingerprint density at radius 1 is 1.19 bits per heavy atom. The van der Waals surface area contributed by atoms with E-state index in [1.807, 2.05) is 0 Å². The maximum Gasteiger partial charge on any atom is 0.119 e. The van der Waals surface area contributed by atoms with Gasteiger partial charge in [-0.15, -0.1) is 0 Å².